The van der Waals surface area contributed by atoms with Crippen LogP contribution in [0.15, 0.2) is 42.4 Å². The molecule has 1 fully saturated rings. The van der Waals surface area contributed by atoms with Gasteiger partial charge in [-0.3, -0.25) is 14.5 Å². The molecule has 0 spiro atoms. The summed E-state index contributed by atoms with van der Waals surface area (Å²) < 4.78 is 8.18. The smallest absolute Gasteiger partial charge is 0.259 e. The second-order valence-corrected chi connectivity index (χ2v) is 7.30. The van der Waals surface area contributed by atoms with Crippen molar-refractivity contribution in [2.24, 2.45) is 0 Å². The van der Waals surface area contributed by atoms with Gasteiger partial charge in [0.15, 0.2) is 10.8 Å². The Kier molecular flexibility index (Phi) is 4.57. The van der Waals surface area contributed by atoms with Crippen molar-refractivity contribution in [3.05, 3.63) is 65.0 Å². The molecule has 0 aromatic heterocycles. The van der Waals surface area contributed by atoms with E-state index in [1.807, 2.05) is 6.92 Å². The number of amides is 2. The van der Waals surface area contributed by atoms with Crippen LogP contribution in [0.3, 0.4) is 0 Å². The second kappa shape index (κ2) is 7.06. The first-order chi connectivity index (χ1) is 13.6. The Morgan fingerprint density at radius 3 is 2.50 bits per heavy atom. The highest BCUT2D eigenvalue weighted by Crippen LogP contribution is 2.37. The summed E-state index contributed by atoms with van der Waals surface area (Å²) >= 11 is 5.64. The highest BCUT2D eigenvalue weighted by Gasteiger charge is 2.50. The van der Waals surface area contributed by atoms with E-state index >= 15 is 0 Å². The van der Waals surface area contributed by atoms with E-state index in [1.54, 1.807) is 49.1 Å². The molecule has 1 aliphatic rings. The fourth-order valence-electron chi connectivity index (χ4n) is 3.19. The van der Waals surface area contributed by atoms with E-state index in [0.717, 1.165) is 5.56 Å². The first-order valence-electron chi connectivity index (χ1n) is 9.13. The van der Waals surface area contributed by atoms with Crippen LogP contribution in [-0.2, 0) is 4.79 Å². The molecule has 0 bridgehead atoms. The van der Waals surface area contributed by atoms with Crippen molar-refractivity contribution in [3.8, 4) is 0 Å². The molecule has 142 valence electrons. The van der Waals surface area contributed by atoms with Crippen molar-refractivity contribution >= 4 is 46.2 Å². The van der Waals surface area contributed by atoms with E-state index in [2.05, 4.69) is 10.2 Å². The Balaban J connectivity index is 2.06. The maximum Gasteiger partial charge on any atom is 0.259 e. The minimum Gasteiger partial charge on any atom is -0.355 e. The van der Waals surface area contributed by atoms with Gasteiger partial charge in [0.1, 0.15) is 5.54 Å². The average molecular weight is 393 g/mol. The van der Waals surface area contributed by atoms with Crippen molar-refractivity contribution in [2.45, 2.75) is 26.3 Å². The van der Waals surface area contributed by atoms with Crippen molar-refractivity contribution in [1.29, 1.82) is 0 Å². The zero-order valence-electron chi connectivity index (χ0n) is 17.0. The summed E-state index contributed by atoms with van der Waals surface area (Å²) in [5, 5.41) is 2.78. The Bertz CT molecular complexity index is 1090. The number of carbonyl (C=O) groups is 2. The van der Waals surface area contributed by atoms with Crippen LogP contribution in [0, 0.1) is 13.5 Å². The highest BCUT2D eigenvalue weighted by atomic mass is 32.1. The third-order valence-corrected chi connectivity index (χ3v) is 5.12. The van der Waals surface area contributed by atoms with Crippen LogP contribution in [0.2, 0.25) is 0 Å². The van der Waals surface area contributed by atoms with Gasteiger partial charge in [0.2, 0.25) is 0 Å². The summed E-state index contributed by atoms with van der Waals surface area (Å²) in [6, 6.07) is 9.95. The van der Waals surface area contributed by atoms with E-state index < -0.39 is 5.54 Å². The summed E-state index contributed by atoms with van der Waals surface area (Å²) in [6.07, 6.45) is 0. The van der Waals surface area contributed by atoms with Gasteiger partial charge in [-0.2, -0.15) is 0 Å². The van der Waals surface area contributed by atoms with Crippen LogP contribution < -0.4 is 15.1 Å². The summed E-state index contributed by atoms with van der Waals surface area (Å²) in [5.74, 6) is -0.558. The van der Waals surface area contributed by atoms with Crippen molar-refractivity contribution < 1.29 is 11.0 Å². The van der Waals surface area contributed by atoms with Gasteiger partial charge in [0.05, 0.1) is 7.94 Å². The van der Waals surface area contributed by atoms with Gasteiger partial charge in [-0.25, -0.2) is 4.85 Å². The number of anilines is 2. The fourth-order valence-corrected chi connectivity index (χ4v) is 3.71. The van der Waals surface area contributed by atoms with Crippen molar-refractivity contribution in [1.82, 2.24) is 5.32 Å². The van der Waals surface area contributed by atoms with Gasteiger partial charge < -0.3 is 10.2 Å². The maximum absolute atomic E-state index is 13.2. The van der Waals surface area contributed by atoms with E-state index in [4.69, 9.17) is 20.2 Å². The minimum absolute atomic E-state index is 0.0450. The fraction of sp³-hybridized carbons (Fsp3) is 0.238. The van der Waals surface area contributed by atoms with E-state index in [9.17, 15) is 9.59 Å². The SMILES string of the molecule is [2H]c1cc(N2C(=S)N(c3ccc([N+]#[C-])c(C)c3)C(=O)C2(C)C)ccc1C(=O)NC. The topological polar surface area (TPSA) is 57.0 Å². The molecule has 7 heteroatoms. The molecule has 6 nitrogen and oxygen atoms in total. The molecule has 2 aromatic carbocycles. The number of carbonyl (C=O) groups excluding carboxylic acids is 2. The lowest BCUT2D eigenvalue weighted by Crippen LogP contribution is -2.44. The lowest BCUT2D eigenvalue weighted by Gasteiger charge is -2.29. The maximum atomic E-state index is 13.2. The third kappa shape index (κ3) is 3.02. The van der Waals surface area contributed by atoms with Crippen LogP contribution in [-0.4, -0.2) is 29.5 Å². The van der Waals surface area contributed by atoms with Gasteiger partial charge in [-0.05, 0) is 74.9 Å². The lowest BCUT2D eigenvalue weighted by molar-refractivity contribution is -0.120. The number of nitrogens with one attached hydrogen (secondary N) is 1. The molecule has 1 aliphatic heterocycles. The van der Waals surface area contributed by atoms with E-state index in [0.29, 0.717) is 17.1 Å². The molecular formula is C21H20N4O2S. The summed E-state index contributed by atoms with van der Waals surface area (Å²) in [5.41, 5.74) is 1.69. The number of thiocarbonyl (C=S) groups is 1. The van der Waals surface area contributed by atoms with Gasteiger partial charge in [-0.15, -0.1) is 0 Å². The molecule has 0 atom stereocenters. The molecule has 1 saturated heterocycles. The van der Waals surface area contributed by atoms with Crippen LogP contribution in [0.1, 0.15) is 31.1 Å². The number of hydrogen-bond donors (Lipinski definition) is 1. The van der Waals surface area contributed by atoms with E-state index in [1.165, 1.54) is 18.0 Å². The molecule has 1 heterocycles. The zero-order valence-corrected chi connectivity index (χ0v) is 16.8. The van der Waals surface area contributed by atoms with Crippen LogP contribution in [0.4, 0.5) is 17.1 Å². The minimum atomic E-state index is -0.982. The van der Waals surface area contributed by atoms with Crippen LogP contribution >= 0.6 is 12.2 Å². The standard InChI is InChI=1S/C21H20N4O2S/c1-13-12-16(10-11-17(13)22-4)24-19(27)21(2,3)25(20(24)28)15-8-6-14(7-9-15)18(26)23-5/h6-12H,1-3,5H3,(H,23,26)/i6D. The number of hydrogen-bond acceptors (Lipinski definition) is 3. The van der Waals surface area contributed by atoms with Crippen LogP contribution in [0.5, 0.6) is 0 Å². The monoisotopic (exact) mass is 393 g/mol. The van der Waals surface area contributed by atoms with Gasteiger partial charge in [0, 0.05) is 24.0 Å². The van der Waals surface area contributed by atoms with E-state index in [-0.39, 0.29) is 28.5 Å². The molecule has 0 aliphatic carbocycles. The zero-order chi connectivity index (χ0) is 21.5. The normalized spacial score (nSPS) is 16.0. The first kappa shape index (κ1) is 18.1. The molecule has 2 amide bonds. The Hall–Kier alpha value is -3.24. The molecule has 1 N–H and O–H groups in total. The number of aryl methyl sites for hydroxylation is 1. The Labute approximate surface area is 171 Å². The molecular weight excluding hydrogens is 372 g/mol. The first-order valence-corrected chi connectivity index (χ1v) is 9.04. The molecule has 3 rings (SSSR count). The largest absolute Gasteiger partial charge is 0.355 e. The summed E-state index contributed by atoms with van der Waals surface area (Å²) in [6.45, 7) is 12.5. The predicted octanol–water partition coefficient (Wildman–Crippen LogP) is 3.82. The summed E-state index contributed by atoms with van der Waals surface area (Å²) in [7, 11) is 1.51. The van der Waals surface area contributed by atoms with Gasteiger partial charge >= 0.3 is 0 Å². The third-order valence-electron chi connectivity index (χ3n) is 4.75. The Morgan fingerprint density at radius 1 is 1.25 bits per heavy atom. The summed E-state index contributed by atoms with van der Waals surface area (Å²) in [4.78, 5) is 31.7. The quantitative estimate of drug-likeness (QED) is 0.636. The molecule has 28 heavy (non-hydrogen) atoms. The predicted molar refractivity (Wildman–Crippen MR) is 114 cm³/mol. The van der Waals surface area contributed by atoms with Gasteiger partial charge in [0.25, 0.3) is 11.8 Å². The molecule has 0 unspecified atom stereocenters. The lowest BCUT2D eigenvalue weighted by atomic mass is 10.0. The molecule has 2 aromatic rings. The van der Waals surface area contributed by atoms with Gasteiger partial charge in [-0.1, -0.05) is 6.07 Å². The highest BCUT2D eigenvalue weighted by molar-refractivity contribution is 7.81. The van der Waals surface area contributed by atoms with Crippen LogP contribution in [0.25, 0.3) is 4.85 Å². The van der Waals surface area contributed by atoms with Crippen molar-refractivity contribution in [2.75, 3.05) is 16.8 Å². The number of nitrogens with zero attached hydrogens (tertiary/aromatic N) is 3. The molecule has 0 radical (unpaired) electrons. The number of benzene rings is 2. The Morgan fingerprint density at radius 2 is 1.93 bits per heavy atom. The average Bonchev–Trinajstić information content (AvgIpc) is 2.85. The number of rotatable bonds is 3. The van der Waals surface area contributed by atoms with Crippen molar-refractivity contribution in [3.63, 3.8) is 0 Å². The second-order valence-electron chi connectivity index (χ2n) is 6.94. The molecule has 0 saturated carbocycles.